The Morgan fingerprint density at radius 2 is 1.85 bits per heavy atom. The molecule has 1 unspecified atom stereocenters. The first-order valence-corrected chi connectivity index (χ1v) is 5.62. The molecule has 0 rings (SSSR count). The molecule has 0 amide bonds. The molecule has 0 aromatic rings. The second-order valence-electron chi connectivity index (χ2n) is 3.95. The van der Waals surface area contributed by atoms with Gasteiger partial charge in [-0.15, -0.1) is 0 Å². The molecule has 0 fully saturated rings. The Hall–Kier alpha value is -0.0800. The number of rotatable bonds is 8. The number of hydrogen-bond acceptors (Lipinski definition) is 2. The molecule has 2 nitrogen and oxygen atoms in total. The molecule has 13 heavy (non-hydrogen) atoms. The minimum Gasteiger partial charge on any atom is -0.314 e. The van der Waals surface area contributed by atoms with Crippen LogP contribution in [0.5, 0.6) is 0 Å². The summed E-state index contributed by atoms with van der Waals surface area (Å²) in [5.74, 6) is 0. The summed E-state index contributed by atoms with van der Waals surface area (Å²) in [5.41, 5.74) is 0. The van der Waals surface area contributed by atoms with Crippen molar-refractivity contribution in [3.63, 3.8) is 0 Å². The molecule has 0 spiro atoms. The van der Waals surface area contributed by atoms with Crippen molar-refractivity contribution in [1.82, 2.24) is 10.2 Å². The zero-order valence-corrected chi connectivity index (χ0v) is 9.77. The van der Waals surface area contributed by atoms with Gasteiger partial charge >= 0.3 is 0 Å². The fraction of sp³-hybridized carbons (Fsp3) is 1.00. The van der Waals surface area contributed by atoms with Crippen molar-refractivity contribution in [2.75, 3.05) is 26.7 Å². The van der Waals surface area contributed by atoms with E-state index >= 15 is 0 Å². The van der Waals surface area contributed by atoms with E-state index in [0.717, 1.165) is 6.54 Å². The lowest BCUT2D eigenvalue weighted by atomic mass is 10.2. The van der Waals surface area contributed by atoms with Gasteiger partial charge in [0, 0.05) is 6.04 Å². The molecular weight excluding hydrogens is 160 g/mol. The van der Waals surface area contributed by atoms with E-state index in [2.05, 4.69) is 38.0 Å². The van der Waals surface area contributed by atoms with Gasteiger partial charge in [-0.2, -0.15) is 0 Å². The van der Waals surface area contributed by atoms with Crippen LogP contribution in [-0.4, -0.2) is 37.6 Å². The van der Waals surface area contributed by atoms with Crippen molar-refractivity contribution in [2.24, 2.45) is 0 Å². The van der Waals surface area contributed by atoms with E-state index in [-0.39, 0.29) is 0 Å². The van der Waals surface area contributed by atoms with Crippen molar-refractivity contribution in [2.45, 2.75) is 46.1 Å². The van der Waals surface area contributed by atoms with Crippen LogP contribution in [0.15, 0.2) is 0 Å². The molecule has 0 heterocycles. The fourth-order valence-corrected chi connectivity index (χ4v) is 1.40. The van der Waals surface area contributed by atoms with E-state index in [1.165, 1.54) is 32.4 Å². The maximum absolute atomic E-state index is 3.50. The summed E-state index contributed by atoms with van der Waals surface area (Å²) in [6.45, 7) is 10.3. The zero-order chi connectivity index (χ0) is 10.1. The summed E-state index contributed by atoms with van der Waals surface area (Å²) in [6.07, 6.45) is 3.75. The summed E-state index contributed by atoms with van der Waals surface area (Å²) in [5, 5.41) is 3.50. The lowest BCUT2D eigenvalue weighted by molar-refractivity contribution is 0.311. The van der Waals surface area contributed by atoms with E-state index in [9.17, 15) is 0 Å². The Balaban J connectivity index is 3.29. The molecule has 0 saturated heterocycles. The second kappa shape index (κ2) is 8.52. The molecule has 1 atom stereocenters. The average Bonchev–Trinajstić information content (AvgIpc) is 2.12. The van der Waals surface area contributed by atoms with Crippen molar-refractivity contribution in [3.05, 3.63) is 0 Å². The normalized spacial score (nSPS) is 13.6. The summed E-state index contributed by atoms with van der Waals surface area (Å²) in [4.78, 5) is 2.41. The van der Waals surface area contributed by atoms with Gasteiger partial charge in [0.15, 0.2) is 0 Å². The lowest BCUT2D eigenvalue weighted by Gasteiger charge is -2.19. The van der Waals surface area contributed by atoms with Crippen molar-refractivity contribution < 1.29 is 0 Å². The minimum atomic E-state index is 0.666. The molecule has 0 aliphatic rings. The molecule has 0 aromatic heterocycles. The van der Waals surface area contributed by atoms with Crippen LogP contribution in [0.25, 0.3) is 0 Å². The fourth-order valence-electron chi connectivity index (χ4n) is 1.40. The molecule has 0 aromatic carbocycles. The van der Waals surface area contributed by atoms with Gasteiger partial charge in [-0.25, -0.2) is 0 Å². The molecule has 1 N–H and O–H groups in total. The summed E-state index contributed by atoms with van der Waals surface area (Å²) < 4.78 is 0. The van der Waals surface area contributed by atoms with Gasteiger partial charge in [0.2, 0.25) is 0 Å². The highest BCUT2D eigenvalue weighted by atomic mass is 15.1. The van der Waals surface area contributed by atoms with Crippen LogP contribution < -0.4 is 5.32 Å². The van der Waals surface area contributed by atoms with Crippen LogP contribution in [-0.2, 0) is 0 Å². The topological polar surface area (TPSA) is 15.3 Å². The Morgan fingerprint density at radius 1 is 1.15 bits per heavy atom. The molecule has 0 aliphatic heterocycles. The largest absolute Gasteiger partial charge is 0.314 e. The lowest BCUT2D eigenvalue weighted by Crippen LogP contribution is -2.31. The Bertz CT molecular complexity index is 104. The number of nitrogens with one attached hydrogen (secondary N) is 1. The first-order valence-electron chi connectivity index (χ1n) is 5.62. The van der Waals surface area contributed by atoms with Gasteiger partial charge in [-0.1, -0.05) is 13.8 Å². The van der Waals surface area contributed by atoms with Crippen LogP contribution in [0.1, 0.15) is 40.0 Å². The van der Waals surface area contributed by atoms with Crippen molar-refractivity contribution in [1.29, 1.82) is 0 Å². The highest BCUT2D eigenvalue weighted by molar-refractivity contribution is 4.62. The van der Waals surface area contributed by atoms with Crippen LogP contribution in [0.2, 0.25) is 0 Å². The second-order valence-corrected chi connectivity index (χ2v) is 3.95. The Morgan fingerprint density at radius 3 is 2.38 bits per heavy atom. The van der Waals surface area contributed by atoms with E-state index < -0.39 is 0 Å². The van der Waals surface area contributed by atoms with Crippen LogP contribution in [0, 0.1) is 0 Å². The van der Waals surface area contributed by atoms with Gasteiger partial charge in [0.05, 0.1) is 0 Å². The molecule has 80 valence electrons. The third-order valence-electron chi connectivity index (χ3n) is 2.29. The van der Waals surface area contributed by atoms with E-state index in [1.54, 1.807) is 0 Å². The van der Waals surface area contributed by atoms with Crippen LogP contribution in [0.4, 0.5) is 0 Å². The van der Waals surface area contributed by atoms with Crippen LogP contribution >= 0.6 is 0 Å². The molecule has 0 saturated carbocycles. The maximum Gasteiger partial charge on any atom is 0.00508 e. The first-order chi connectivity index (χ1) is 6.20. The summed E-state index contributed by atoms with van der Waals surface area (Å²) in [7, 11) is 2.20. The highest BCUT2D eigenvalue weighted by Crippen LogP contribution is 1.95. The van der Waals surface area contributed by atoms with E-state index in [4.69, 9.17) is 0 Å². The predicted octanol–water partition coefficient (Wildman–Crippen LogP) is 2.11. The molecule has 0 radical (unpaired) electrons. The minimum absolute atomic E-state index is 0.666. The molecule has 0 aliphatic carbocycles. The Labute approximate surface area is 83.7 Å². The third-order valence-corrected chi connectivity index (χ3v) is 2.29. The molecule has 2 heteroatoms. The summed E-state index contributed by atoms with van der Waals surface area (Å²) >= 11 is 0. The van der Waals surface area contributed by atoms with E-state index in [0.29, 0.717) is 6.04 Å². The quantitative estimate of drug-likeness (QED) is 0.624. The number of hydrogen-bond donors (Lipinski definition) is 1. The van der Waals surface area contributed by atoms with Gasteiger partial charge in [0.1, 0.15) is 0 Å². The smallest absolute Gasteiger partial charge is 0.00508 e. The van der Waals surface area contributed by atoms with Gasteiger partial charge < -0.3 is 10.2 Å². The Kier molecular flexibility index (Phi) is 8.46. The monoisotopic (exact) mass is 186 g/mol. The standard InChI is InChI=1S/C11H26N2/c1-5-8-12-11(3)7-10-13(4)9-6-2/h11-12H,5-10H2,1-4H3. The zero-order valence-electron chi connectivity index (χ0n) is 9.77. The highest BCUT2D eigenvalue weighted by Gasteiger charge is 2.02. The predicted molar refractivity (Wildman–Crippen MR) is 60.2 cm³/mol. The first kappa shape index (κ1) is 12.9. The number of nitrogens with zero attached hydrogens (tertiary/aromatic N) is 1. The molecule has 0 bridgehead atoms. The SMILES string of the molecule is CCCNC(C)CCN(C)CCC. The van der Waals surface area contributed by atoms with Crippen molar-refractivity contribution >= 4 is 0 Å². The van der Waals surface area contributed by atoms with Crippen molar-refractivity contribution in [3.8, 4) is 0 Å². The maximum atomic E-state index is 3.50. The van der Waals surface area contributed by atoms with Gasteiger partial charge in [0.25, 0.3) is 0 Å². The average molecular weight is 186 g/mol. The third kappa shape index (κ3) is 8.26. The summed E-state index contributed by atoms with van der Waals surface area (Å²) in [6, 6.07) is 0.666. The van der Waals surface area contributed by atoms with E-state index in [1.807, 2.05) is 0 Å². The van der Waals surface area contributed by atoms with Crippen LogP contribution in [0.3, 0.4) is 0 Å². The molecular formula is C11H26N2. The van der Waals surface area contributed by atoms with Gasteiger partial charge in [-0.3, -0.25) is 0 Å². The van der Waals surface area contributed by atoms with Gasteiger partial charge in [-0.05, 0) is 52.9 Å².